The van der Waals surface area contributed by atoms with E-state index in [1.165, 1.54) is 11.6 Å². The van der Waals surface area contributed by atoms with Gasteiger partial charge in [-0.2, -0.15) is 0 Å². The van der Waals surface area contributed by atoms with Crippen molar-refractivity contribution in [1.82, 2.24) is 5.32 Å². The number of nitrogens with one attached hydrogen (secondary N) is 1. The van der Waals surface area contributed by atoms with E-state index < -0.39 is 11.6 Å². The van der Waals surface area contributed by atoms with E-state index in [-0.39, 0.29) is 0 Å². The molecule has 0 bridgehead atoms. The van der Waals surface area contributed by atoms with Gasteiger partial charge in [-0.15, -0.1) is 0 Å². The van der Waals surface area contributed by atoms with E-state index in [2.05, 4.69) is 5.32 Å². The summed E-state index contributed by atoms with van der Waals surface area (Å²) in [6.45, 7) is 1.27. The fourth-order valence-electron chi connectivity index (χ4n) is 1.80. The summed E-state index contributed by atoms with van der Waals surface area (Å²) in [6, 6.07) is 11.6. The Balaban J connectivity index is 1.91. The molecule has 0 heterocycles. The van der Waals surface area contributed by atoms with Gasteiger partial charge in [0, 0.05) is 6.07 Å². The smallest absolute Gasteiger partial charge is 0.162 e. The third-order valence-corrected chi connectivity index (χ3v) is 2.98. The number of halogens is 2. The van der Waals surface area contributed by atoms with Crippen LogP contribution in [-0.2, 0) is 13.0 Å². The molecule has 0 saturated carbocycles. The van der Waals surface area contributed by atoms with Gasteiger partial charge in [0.25, 0.3) is 0 Å². The Hall–Kier alpha value is -1.94. The monoisotopic (exact) mass is 277 g/mol. The van der Waals surface area contributed by atoms with Gasteiger partial charge in [-0.3, -0.25) is 0 Å². The highest BCUT2D eigenvalue weighted by Crippen LogP contribution is 2.17. The molecule has 2 aromatic carbocycles. The molecular weight excluding hydrogens is 260 g/mol. The molecule has 2 rings (SSSR count). The highest BCUT2D eigenvalue weighted by atomic mass is 19.2. The van der Waals surface area contributed by atoms with Crippen LogP contribution in [0.4, 0.5) is 8.78 Å². The lowest BCUT2D eigenvalue weighted by Crippen LogP contribution is -2.10. The van der Waals surface area contributed by atoms with Crippen molar-refractivity contribution in [3.05, 3.63) is 65.2 Å². The Morgan fingerprint density at radius 3 is 2.30 bits per heavy atom. The van der Waals surface area contributed by atoms with E-state index in [1.807, 2.05) is 31.3 Å². The van der Waals surface area contributed by atoms with Crippen LogP contribution in [0.25, 0.3) is 0 Å². The first kappa shape index (κ1) is 14.5. The summed E-state index contributed by atoms with van der Waals surface area (Å²) >= 11 is 0. The van der Waals surface area contributed by atoms with Crippen molar-refractivity contribution in [2.24, 2.45) is 0 Å². The van der Waals surface area contributed by atoms with Crippen molar-refractivity contribution < 1.29 is 13.5 Å². The van der Waals surface area contributed by atoms with Crippen LogP contribution in [0.15, 0.2) is 42.5 Å². The molecule has 0 aliphatic rings. The summed E-state index contributed by atoms with van der Waals surface area (Å²) in [5.41, 5.74) is 2.24. The summed E-state index contributed by atoms with van der Waals surface area (Å²) in [5, 5.41) is 3.10. The molecule has 0 aliphatic heterocycles. The highest BCUT2D eigenvalue weighted by molar-refractivity contribution is 5.26. The third-order valence-electron chi connectivity index (χ3n) is 2.98. The zero-order valence-corrected chi connectivity index (χ0v) is 11.3. The molecule has 0 unspecified atom stereocenters. The van der Waals surface area contributed by atoms with Gasteiger partial charge in [-0.25, -0.2) is 8.78 Å². The Bertz CT molecular complexity index is 555. The van der Waals surface area contributed by atoms with E-state index in [0.717, 1.165) is 30.7 Å². The Labute approximate surface area is 117 Å². The van der Waals surface area contributed by atoms with E-state index >= 15 is 0 Å². The first-order valence-electron chi connectivity index (χ1n) is 6.49. The van der Waals surface area contributed by atoms with Crippen LogP contribution in [-0.4, -0.2) is 13.6 Å². The van der Waals surface area contributed by atoms with Crippen LogP contribution in [0, 0.1) is 11.6 Å². The van der Waals surface area contributed by atoms with Crippen LogP contribution in [0.5, 0.6) is 5.75 Å². The molecule has 106 valence electrons. The Kier molecular flexibility index (Phi) is 5.07. The molecule has 0 amide bonds. The minimum atomic E-state index is -0.898. The number of rotatable bonds is 6. The van der Waals surface area contributed by atoms with Crippen LogP contribution in [0.3, 0.4) is 0 Å². The number of hydrogen-bond acceptors (Lipinski definition) is 2. The topological polar surface area (TPSA) is 21.3 Å². The molecule has 4 heteroatoms. The minimum absolute atomic E-state index is 0.322. The molecule has 0 aliphatic carbocycles. The summed E-state index contributed by atoms with van der Waals surface area (Å²) in [5.74, 6) is -1.45. The van der Waals surface area contributed by atoms with Crippen molar-refractivity contribution in [3.8, 4) is 5.75 Å². The van der Waals surface area contributed by atoms with Gasteiger partial charge in [0.2, 0.25) is 0 Å². The zero-order chi connectivity index (χ0) is 14.4. The first-order valence-corrected chi connectivity index (χ1v) is 6.49. The van der Waals surface area contributed by atoms with E-state index in [0.29, 0.717) is 12.4 Å². The average Bonchev–Trinajstić information content (AvgIpc) is 2.47. The predicted octanol–water partition coefficient (Wildman–Crippen LogP) is 3.31. The SMILES string of the molecule is CNCCc1ccc(COc2ccc(F)c(F)c2)cc1. The van der Waals surface area contributed by atoms with Gasteiger partial charge in [0.05, 0.1) is 0 Å². The molecule has 2 nitrogen and oxygen atoms in total. The summed E-state index contributed by atoms with van der Waals surface area (Å²) in [7, 11) is 1.92. The maximum atomic E-state index is 13.0. The van der Waals surface area contributed by atoms with E-state index in [9.17, 15) is 8.78 Å². The van der Waals surface area contributed by atoms with Gasteiger partial charge >= 0.3 is 0 Å². The van der Waals surface area contributed by atoms with Gasteiger partial charge in [0.1, 0.15) is 12.4 Å². The van der Waals surface area contributed by atoms with Gasteiger partial charge in [0.15, 0.2) is 11.6 Å². The molecule has 0 radical (unpaired) electrons. The quantitative estimate of drug-likeness (QED) is 0.874. The normalized spacial score (nSPS) is 10.6. The van der Waals surface area contributed by atoms with Crippen LogP contribution < -0.4 is 10.1 Å². The number of benzene rings is 2. The molecule has 0 saturated heterocycles. The predicted molar refractivity (Wildman–Crippen MR) is 74.8 cm³/mol. The summed E-state index contributed by atoms with van der Waals surface area (Å²) < 4.78 is 31.2. The van der Waals surface area contributed by atoms with Crippen molar-refractivity contribution >= 4 is 0 Å². The Morgan fingerprint density at radius 1 is 0.950 bits per heavy atom. The van der Waals surface area contributed by atoms with E-state index in [1.54, 1.807) is 0 Å². The lowest BCUT2D eigenvalue weighted by molar-refractivity contribution is 0.303. The Morgan fingerprint density at radius 2 is 1.65 bits per heavy atom. The van der Waals surface area contributed by atoms with Gasteiger partial charge < -0.3 is 10.1 Å². The summed E-state index contributed by atoms with van der Waals surface area (Å²) in [6.07, 6.45) is 0.973. The minimum Gasteiger partial charge on any atom is -0.489 e. The molecule has 0 aromatic heterocycles. The number of ether oxygens (including phenoxy) is 1. The number of hydrogen-bond donors (Lipinski definition) is 1. The van der Waals surface area contributed by atoms with Gasteiger partial charge in [-0.05, 0) is 43.3 Å². The summed E-state index contributed by atoms with van der Waals surface area (Å²) in [4.78, 5) is 0. The van der Waals surface area contributed by atoms with Crippen LogP contribution in [0.2, 0.25) is 0 Å². The number of likely N-dealkylation sites (N-methyl/N-ethyl adjacent to an activating group) is 1. The molecule has 0 spiro atoms. The molecule has 20 heavy (non-hydrogen) atoms. The van der Waals surface area contributed by atoms with Crippen LogP contribution >= 0.6 is 0 Å². The van der Waals surface area contributed by atoms with Crippen molar-refractivity contribution in [2.75, 3.05) is 13.6 Å². The first-order chi connectivity index (χ1) is 9.69. The standard InChI is InChI=1S/C16H17F2NO/c1-19-9-8-12-2-4-13(5-3-12)11-20-14-6-7-15(17)16(18)10-14/h2-7,10,19H,8-9,11H2,1H3. The van der Waals surface area contributed by atoms with Gasteiger partial charge in [-0.1, -0.05) is 24.3 Å². The van der Waals surface area contributed by atoms with Crippen molar-refractivity contribution in [3.63, 3.8) is 0 Å². The largest absolute Gasteiger partial charge is 0.489 e. The lowest BCUT2D eigenvalue weighted by atomic mass is 10.1. The van der Waals surface area contributed by atoms with Crippen molar-refractivity contribution in [1.29, 1.82) is 0 Å². The second-order valence-electron chi connectivity index (χ2n) is 4.53. The fourth-order valence-corrected chi connectivity index (χ4v) is 1.80. The second kappa shape index (κ2) is 7.01. The molecule has 2 aromatic rings. The maximum absolute atomic E-state index is 13.0. The molecule has 0 atom stereocenters. The second-order valence-corrected chi connectivity index (χ2v) is 4.53. The maximum Gasteiger partial charge on any atom is 0.162 e. The average molecular weight is 277 g/mol. The zero-order valence-electron chi connectivity index (χ0n) is 11.3. The molecule has 0 fully saturated rings. The third kappa shape index (κ3) is 4.03. The molecule has 1 N–H and O–H groups in total. The fraction of sp³-hybridized carbons (Fsp3) is 0.250. The lowest BCUT2D eigenvalue weighted by Gasteiger charge is -2.07. The van der Waals surface area contributed by atoms with Crippen molar-refractivity contribution in [2.45, 2.75) is 13.0 Å². The van der Waals surface area contributed by atoms with E-state index in [4.69, 9.17) is 4.74 Å². The van der Waals surface area contributed by atoms with Crippen LogP contribution in [0.1, 0.15) is 11.1 Å². The highest BCUT2D eigenvalue weighted by Gasteiger charge is 2.03. The molecular formula is C16H17F2NO.